The summed E-state index contributed by atoms with van der Waals surface area (Å²) in [6.45, 7) is 3.86. The molecule has 0 aliphatic carbocycles. The Kier molecular flexibility index (Phi) is 6.50. The quantitative estimate of drug-likeness (QED) is 0.623. The van der Waals surface area contributed by atoms with Crippen LogP contribution in [-0.4, -0.2) is 35.6 Å². The summed E-state index contributed by atoms with van der Waals surface area (Å²) >= 11 is 5.82. The Morgan fingerprint density at radius 3 is 2.30 bits per heavy atom. The highest BCUT2D eigenvalue weighted by Gasteiger charge is 2.22. The molecule has 1 heterocycles. The molecule has 30 heavy (non-hydrogen) atoms. The Morgan fingerprint density at radius 1 is 1.07 bits per heavy atom. The van der Waals surface area contributed by atoms with Crippen molar-refractivity contribution in [1.29, 1.82) is 0 Å². The number of nitrogens with one attached hydrogen (secondary N) is 1. The molecule has 1 N–H and O–H groups in total. The minimum absolute atomic E-state index is 0.0378. The SMILES string of the molecule is Cc1ccc(NC(=O)c2cnc(CN(C)S(=O)(=O)c3ccc(Cl)cc3)nc2)c(C)c1. The second-order valence-electron chi connectivity index (χ2n) is 6.88. The number of hydrogen-bond donors (Lipinski definition) is 1. The topological polar surface area (TPSA) is 92.3 Å². The highest BCUT2D eigenvalue weighted by atomic mass is 35.5. The summed E-state index contributed by atoms with van der Waals surface area (Å²) in [6.07, 6.45) is 2.76. The van der Waals surface area contributed by atoms with Crippen LogP contribution in [-0.2, 0) is 16.6 Å². The first kappa shape index (κ1) is 21.9. The first-order valence-electron chi connectivity index (χ1n) is 9.08. The molecule has 1 aromatic heterocycles. The van der Waals surface area contributed by atoms with Crippen LogP contribution in [0.3, 0.4) is 0 Å². The Morgan fingerprint density at radius 2 is 1.70 bits per heavy atom. The van der Waals surface area contributed by atoms with Gasteiger partial charge < -0.3 is 5.32 Å². The van der Waals surface area contributed by atoms with Crippen molar-refractivity contribution in [3.8, 4) is 0 Å². The average molecular weight is 445 g/mol. The summed E-state index contributed by atoms with van der Waals surface area (Å²) in [7, 11) is -2.28. The highest BCUT2D eigenvalue weighted by molar-refractivity contribution is 7.89. The number of halogens is 1. The maximum absolute atomic E-state index is 12.6. The van der Waals surface area contributed by atoms with Crippen LogP contribution in [0.1, 0.15) is 27.3 Å². The molecule has 7 nitrogen and oxygen atoms in total. The van der Waals surface area contributed by atoms with Gasteiger partial charge >= 0.3 is 0 Å². The summed E-state index contributed by atoms with van der Waals surface area (Å²) in [5.41, 5.74) is 3.05. The van der Waals surface area contributed by atoms with Gasteiger partial charge in [0.25, 0.3) is 5.91 Å². The highest BCUT2D eigenvalue weighted by Crippen LogP contribution is 2.19. The molecule has 0 aliphatic rings. The van der Waals surface area contributed by atoms with Crippen molar-refractivity contribution in [3.05, 3.63) is 82.4 Å². The Hall–Kier alpha value is -2.81. The largest absolute Gasteiger partial charge is 0.322 e. The molecule has 3 aromatic rings. The van der Waals surface area contributed by atoms with Crippen molar-refractivity contribution < 1.29 is 13.2 Å². The summed E-state index contributed by atoms with van der Waals surface area (Å²) < 4.78 is 26.4. The molecule has 9 heteroatoms. The molecule has 0 bridgehead atoms. The molecule has 0 saturated heterocycles. The third-order valence-electron chi connectivity index (χ3n) is 4.48. The molecule has 0 aliphatic heterocycles. The molecule has 1 amide bonds. The zero-order valence-corrected chi connectivity index (χ0v) is 18.3. The molecule has 0 saturated carbocycles. The summed E-state index contributed by atoms with van der Waals surface area (Å²) in [5, 5.41) is 3.28. The fourth-order valence-corrected chi connectivity index (χ4v) is 4.02. The number of nitrogens with zero attached hydrogens (tertiary/aromatic N) is 3. The third kappa shape index (κ3) is 5.02. The maximum Gasteiger partial charge on any atom is 0.258 e. The number of benzene rings is 2. The zero-order valence-electron chi connectivity index (χ0n) is 16.8. The van der Waals surface area contributed by atoms with Crippen LogP contribution in [0.4, 0.5) is 5.69 Å². The van der Waals surface area contributed by atoms with E-state index in [1.165, 1.54) is 43.7 Å². The average Bonchev–Trinajstić information content (AvgIpc) is 2.71. The van der Waals surface area contributed by atoms with Gasteiger partial charge in [0.05, 0.1) is 17.0 Å². The van der Waals surface area contributed by atoms with Crippen LogP contribution >= 0.6 is 11.6 Å². The molecular weight excluding hydrogens is 424 g/mol. The van der Waals surface area contributed by atoms with Gasteiger partial charge in [-0.05, 0) is 49.7 Å². The number of carbonyl (C=O) groups is 1. The van der Waals surface area contributed by atoms with Crippen molar-refractivity contribution in [2.45, 2.75) is 25.3 Å². The standard InChI is InChI=1S/C21H21ClN4O3S/c1-14-4-9-19(15(2)10-14)25-21(27)16-11-23-20(24-12-16)13-26(3)30(28,29)18-7-5-17(22)6-8-18/h4-12H,13H2,1-3H3,(H,25,27). The van der Waals surface area contributed by atoms with Gasteiger partial charge in [0.15, 0.2) is 0 Å². The van der Waals surface area contributed by atoms with E-state index in [-0.39, 0.29) is 28.7 Å². The van der Waals surface area contributed by atoms with E-state index in [0.29, 0.717) is 10.7 Å². The first-order valence-corrected chi connectivity index (χ1v) is 10.9. The van der Waals surface area contributed by atoms with Crippen molar-refractivity contribution in [3.63, 3.8) is 0 Å². The Balaban J connectivity index is 1.69. The lowest BCUT2D eigenvalue weighted by Crippen LogP contribution is -2.27. The Bertz CT molecular complexity index is 1160. The van der Waals surface area contributed by atoms with Crippen molar-refractivity contribution in [1.82, 2.24) is 14.3 Å². The second-order valence-corrected chi connectivity index (χ2v) is 9.36. The lowest BCUT2D eigenvalue weighted by Gasteiger charge is -2.16. The number of amides is 1. The number of rotatable bonds is 6. The van der Waals surface area contributed by atoms with E-state index in [2.05, 4.69) is 15.3 Å². The van der Waals surface area contributed by atoms with Crippen LogP contribution < -0.4 is 5.32 Å². The van der Waals surface area contributed by atoms with Crippen LogP contribution in [0.2, 0.25) is 5.02 Å². The number of aryl methyl sites for hydroxylation is 2. The van der Waals surface area contributed by atoms with Gasteiger partial charge in [-0.2, -0.15) is 4.31 Å². The van der Waals surface area contributed by atoms with Crippen LogP contribution in [0, 0.1) is 13.8 Å². The van der Waals surface area contributed by atoms with E-state index in [4.69, 9.17) is 11.6 Å². The van der Waals surface area contributed by atoms with E-state index in [0.717, 1.165) is 15.4 Å². The number of aromatic nitrogens is 2. The fourth-order valence-electron chi connectivity index (χ4n) is 2.77. The predicted octanol–water partition coefficient (Wildman–Crippen LogP) is 3.82. The van der Waals surface area contributed by atoms with Crippen LogP contribution in [0.5, 0.6) is 0 Å². The molecular formula is C21H21ClN4O3S. The van der Waals surface area contributed by atoms with E-state index < -0.39 is 10.0 Å². The molecule has 2 aromatic carbocycles. The maximum atomic E-state index is 12.6. The summed E-state index contributed by atoms with van der Waals surface area (Å²) in [5.74, 6) is -0.0613. The molecule has 0 atom stereocenters. The normalized spacial score (nSPS) is 11.5. The van der Waals surface area contributed by atoms with Gasteiger partial charge in [0, 0.05) is 30.2 Å². The number of carbonyl (C=O) groups excluding carboxylic acids is 1. The van der Waals surface area contributed by atoms with Crippen LogP contribution in [0.25, 0.3) is 0 Å². The molecule has 156 valence electrons. The van der Waals surface area contributed by atoms with E-state index in [1.54, 1.807) is 0 Å². The van der Waals surface area contributed by atoms with E-state index in [9.17, 15) is 13.2 Å². The van der Waals surface area contributed by atoms with Gasteiger partial charge in [0.1, 0.15) is 5.82 Å². The lowest BCUT2D eigenvalue weighted by atomic mass is 10.1. The number of anilines is 1. The minimum atomic E-state index is -3.71. The first-order chi connectivity index (χ1) is 14.2. The fraction of sp³-hybridized carbons (Fsp3) is 0.190. The summed E-state index contributed by atoms with van der Waals surface area (Å²) in [4.78, 5) is 20.9. The zero-order chi connectivity index (χ0) is 21.9. The number of sulfonamides is 1. The van der Waals surface area contributed by atoms with Gasteiger partial charge in [-0.1, -0.05) is 29.3 Å². The Labute approximate surface area is 180 Å². The third-order valence-corrected chi connectivity index (χ3v) is 6.55. The minimum Gasteiger partial charge on any atom is -0.322 e. The smallest absolute Gasteiger partial charge is 0.258 e. The monoisotopic (exact) mass is 444 g/mol. The predicted molar refractivity (Wildman–Crippen MR) is 116 cm³/mol. The van der Waals surface area contributed by atoms with E-state index >= 15 is 0 Å². The van der Waals surface area contributed by atoms with Crippen molar-refractivity contribution in [2.75, 3.05) is 12.4 Å². The second kappa shape index (κ2) is 8.91. The van der Waals surface area contributed by atoms with Gasteiger partial charge in [-0.25, -0.2) is 18.4 Å². The summed E-state index contributed by atoms with van der Waals surface area (Å²) in [6, 6.07) is 11.6. The molecule has 0 radical (unpaired) electrons. The molecule has 0 unspecified atom stereocenters. The molecule has 0 fully saturated rings. The molecule has 3 rings (SSSR count). The van der Waals surface area contributed by atoms with Crippen molar-refractivity contribution >= 4 is 33.2 Å². The number of hydrogen-bond acceptors (Lipinski definition) is 5. The van der Waals surface area contributed by atoms with Crippen LogP contribution in [0.15, 0.2) is 59.8 Å². The van der Waals surface area contributed by atoms with Gasteiger partial charge in [0.2, 0.25) is 10.0 Å². The lowest BCUT2D eigenvalue weighted by molar-refractivity contribution is 0.102. The molecule has 0 spiro atoms. The van der Waals surface area contributed by atoms with Crippen molar-refractivity contribution in [2.24, 2.45) is 0 Å². The van der Waals surface area contributed by atoms with Gasteiger partial charge in [-0.3, -0.25) is 4.79 Å². The van der Waals surface area contributed by atoms with E-state index in [1.807, 2.05) is 32.0 Å². The van der Waals surface area contributed by atoms with Gasteiger partial charge in [-0.15, -0.1) is 0 Å².